The molecule has 0 aromatic heterocycles. The minimum Gasteiger partial charge on any atom is -0.480 e. The number of ether oxygens (including phenoxy) is 1. The molecule has 1 aliphatic carbocycles. The van der Waals surface area contributed by atoms with Gasteiger partial charge >= 0.3 is 5.97 Å². The maximum absolute atomic E-state index is 9.98. The van der Waals surface area contributed by atoms with Gasteiger partial charge in [0, 0.05) is 6.04 Å². The summed E-state index contributed by atoms with van der Waals surface area (Å²) in [5.74, 6) is -0.931. The first-order valence-electron chi connectivity index (χ1n) is 3.29. The van der Waals surface area contributed by atoms with Crippen LogP contribution in [-0.4, -0.2) is 29.8 Å². The molecule has 0 aromatic rings. The summed E-state index contributed by atoms with van der Waals surface area (Å²) >= 11 is 0. The van der Waals surface area contributed by atoms with Crippen molar-refractivity contribution in [1.29, 1.82) is 0 Å². The van der Waals surface area contributed by atoms with Crippen LogP contribution in [0.15, 0.2) is 0 Å². The number of hydrogen-bond acceptors (Lipinski definition) is 3. The highest BCUT2D eigenvalue weighted by atomic mass is 16.5. The van der Waals surface area contributed by atoms with E-state index < -0.39 is 5.97 Å². The second-order valence-electron chi connectivity index (χ2n) is 2.48. The van der Waals surface area contributed by atoms with Gasteiger partial charge in [-0.2, -0.15) is 0 Å². The molecule has 1 aliphatic rings. The summed E-state index contributed by atoms with van der Waals surface area (Å²) in [4.78, 5) is 9.98. The van der Waals surface area contributed by atoms with E-state index in [4.69, 9.17) is 15.6 Å². The number of carboxylic acid groups (broad SMARTS) is 1. The standard InChI is InChI=1S/C6H11NO3/c7-4-1-2-5(4)10-3-6(8)9/h4-5H,1-3,7H2,(H,8,9)/t4-,5-/m0/s1. The zero-order chi connectivity index (χ0) is 7.56. The van der Waals surface area contributed by atoms with Crippen LogP contribution in [0.25, 0.3) is 0 Å². The zero-order valence-corrected chi connectivity index (χ0v) is 5.62. The molecular formula is C6H11NO3. The van der Waals surface area contributed by atoms with Gasteiger partial charge in [0.15, 0.2) is 0 Å². The predicted octanol–water partition coefficient (Wildman–Crippen LogP) is -0.423. The first-order chi connectivity index (χ1) is 4.70. The fourth-order valence-electron chi connectivity index (χ4n) is 0.880. The van der Waals surface area contributed by atoms with Crippen LogP contribution >= 0.6 is 0 Å². The molecule has 10 heavy (non-hydrogen) atoms. The molecule has 1 saturated carbocycles. The van der Waals surface area contributed by atoms with E-state index in [1.54, 1.807) is 0 Å². The van der Waals surface area contributed by atoms with Crippen molar-refractivity contribution >= 4 is 5.97 Å². The van der Waals surface area contributed by atoms with Crippen LogP contribution in [0.3, 0.4) is 0 Å². The monoisotopic (exact) mass is 145 g/mol. The van der Waals surface area contributed by atoms with Crippen molar-refractivity contribution in [3.63, 3.8) is 0 Å². The molecule has 0 radical (unpaired) electrons. The molecule has 0 spiro atoms. The Labute approximate surface area is 59.0 Å². The Bertz CT molecular complexity index is 137. The average molecular weight is 145 g/mol. The molecule has 0 unspecified atom stereocenters. The zero-order valence-electron chi connectivity index (χ0n) is 5.62. The maximum Gasteiger partial charge on any atom is 0.329 e. The van der Waals surface area contributed by atoms with E-state index in [2.05, 4.69) is 0 Å². The van der Waals surface area contributed by atoms with Gasteiger partial charge in [-0.25, -0.2) is 4.79 Å². The molecule has 3 N–H and O–H groups in total. The molecule has 1 rings (SSSR count). The molecule has 4 heteroatoms. The molecule has 0 saturated heterocycles. The SMILES string of the molecule is N[C@H]1CC[C@@H]1OCC(=O)O. The minimum atomic E-state index is -0.931. The highest BCUT2D eigenvalue weighted by Gasteiger charge is 2.28. The van der Waals surface area contributed by atoms with Crippen molar-refractivity contribution in [3.05, 3.63) is 0 Å². The first-order valence-corrected chi connectivity index (χ1v) is 3.29. The second-order valence-corrected chi connectivity index (χ2v) is 2.48. The molecule has 0 aliphatic heterocycles. The van der Waals surface area contributed by atoms with E-state index in [-0.39, 0.29) is 18.8 Å². The van der Waals surface area contributed by atoms with Crippen LogP contribution in [0.1, 0.15) is 12.8 Å². The summed E-state index contributed by atoms with van der Waals surface area (Å²) in [5.41, 5.74) is 5.49. The van der Waals surface area contributed by atoms with Gasteiger partial charge in [-0.3, -0.25) is 0 Å². The van der Waals surface area contributed by atoms with Gasteiger partial charge in [0.2, 0.25) is 0 Å². The number of nitrogens with two attached hydrogens (primary N) is 1. The quantitative estimate of drug-likeness (QED) is 0.565. The maximum atomic E-state index is 9.98. The van der Waals surface area contributed by atoms with Crippen LogP contribution in [0.5, 0.6) is 0 Å². The topological polar surface area (TPSA) is 72.5 Å². The van der Waals surface area contributed by atoms with Crippen molar-refractivity contribution in [2.24, 2.45) is 5.73 Å². The molecule has 0 heterocycles. The van der Waals surface area contributed by atoms with Crippen LogP contribution in [0.2, 0.25) is 0 Å². The Hall–Kier alpha value is -0.610. The smallest absolute Gasteiger partial charge is 0.329 e. The van der Waals surface area contributed by atoms with Gasteiger partial charge in [-0.1, -0.05) is 0 Å². The molecular weight excluding hydrogens is 134 g/mol. The van der Waals surface area contributed by atoms with Gasteiger partial charge in [-0.05, 0) is 12.8 Å². The molecule has 58 valence electrons. The summed E-state index contributed by atoms with van der Waals surface area (Å²) in [5, 5.41) is 8.20. The highest BCUT2D eigenvalue weighted by molar-refractivity contribution is 5.68. The van der Waals surface area contributed by atoms with Crippen LogP contribution in [0.4, 0.5) is 0 Å². The number of aliphatic carboxylic acids is 1. The third kappa shape index (κ3) is 1.68. The van der Waals surface area contributed by atoms with Crippen LogP contribution < -0.4 is 5.73 Å². The number of carbonyl (C=O) groups is 1. The third-order valence-corrected chi connectivity index (χ3v) is 1.68. The molecule has 1 fully saturated rings. The number of rotatable bonds is 3. The van der Waals surface area contributed by atoms with E-state index in [1.807, 2.05) is 0 Å². The van der Waals surface area contributed by atoms with Crippen LogP contribution in [-0.2, 0) is 9.53 Å². The summed E-state index contributed by atoms with van der Waals surface area (Å²) < 4.78 is 4.93. The molecule has 4 nitrogen and oxygen atoms in total. The van der Waals surface area contributed by atoms with Gasteiger partial charge in [-0.15, -0.1) is 0 Å². The number of carboxylic acids is 1. The van der Waals surface area contributed by atoms with Crippen molar-refractivity contribution in [2.75, 3.05) is 6.61 Å². The Morgan fingerprint density at radius 3 is 2.70 bits per heavy atom. The minimum absolute atomic E-state index is 0.0175. The Morgan fingerprint density at radius 2 is 2.40 bits per heavy atom. The van der Waals surface area contributed by atoms with E-state index in [0.29, 0.717) is 0 Å². The van der Waals surface area contributed by atoms with Crippen LogP contribution in [0, 0.1) is 0 Å². The van der Waals surface area contributed by atoms with E-state index in [9.17, 15) is 4.79 Å². The molecule has 2 atom stereocenters. The van der Waals surface area contributed by atoms with E-state index >= 15 is 0 Å². The lowest BCUT2D eigenvalue weighted by Gasteiger charge is -2.32. The van der Waals surface area contributed by atoms with Gasteiger partial charge in [0.05, 0.1) is 6.10 Å². The number of hydrogen-bond donors (Lipinski definition) is 2. The Kier molecular flexibility index (Phi) is 2.24. The molecule has 0 bridgehead atoms. The largest absolute Gasteiger partial charge is 0.480 e. The van der Waals surface area contributed by atoms with Gasteiger partial charge in [0.25, 0.3) is 0 Å². The lowest BCUT2D eigenvalue weighted by molar-refractivity contribution is -0.146. The average Bonchev–Trinajstić information content (AvgIpc) is 1.84. The molecule has 0 amide bonds. The van der Waals surface area contributed by atoms with Crippen molar-refractivity contribution < 1.29 is 14.6 Å². The van der Waals surface area contributed by atoms with Crippen molar-refractivity contribution in [1.82, 2.24) is 0 Å². The van der Waals surface area contributed by atoms with Gasteiger partial charge in [0.1, 0.15) is 6.61 Å². The highest BCUT2D eigenvalue weighted by Crippen LogP contribution is 2.20. The Balaban J connectivity index is 2.08. The summed E-state index contributed by atoms with van der Waals surface area (Å²) in [6.45, 7) is -0.224. The lowest BCUT2D eigenvalue weighted by Crippen LogP contribution is -2.46. The lowest BCUT2D eigenvalue weighted by atomic mass is 9.90. The normalized spacial score (nSPS) is 31.3. The summed E-state index contributed by atoms with van der Waals surface area (Å²) in [6.07, 6.45) is 1.83. The van der Waals surface area contributed by atoms with Gasteiger partial charge < -0.3 is 15.6 Å². The first kappa shape index (κ1) is 7.50. The predicted molar refractivity (Wildman–Crippen MR) is 34.6 cm³/mol. The van der Waals surface area contributed by atoms with E-state index in [1.165, 1.54) is 0 Å². The van der Waals surface area contributed by atoms with E-state index in [0.717, 1.165) is 12.8 Å². The summed E-state index contributed by atoms with van der Waals surface area (Å²) in [7, 11) is 0. The summed E-state index contributed by atoms with van der Waals surface area (Å²) in [6, 6.07) is 0.0550. The molecule has 0 aromatic carbocycles. The van der Waals surface area contributed by atoms with Crippen molar-refractivity contribution in [2.45, 2.75) is 25.0 Å². The Morgan fingerprint density at radius 1 is 1.70 bits per heavy atom. The van der Waals surface area contributed by atoms with Crippen molar-refractivity contribution in [3.8, 4) is 0 Å². The third-order valence-electron chi connectivity index (χ3n) is 1.68. The second kappa shape index (κ2) is 2.98. The fraction of sp³-hybridized carbons (Fsp3) is 0.833. The fourth-order valence-corrected chi connectivity index (χ4v) is 0.880.